The second kappa shape index (κ2) is 8.44. The molecule has 0 radical (unpaired) electrons. The molecule has 0 aromatic heterocycles. The number of benzene rings is 1. The fourth-order valence-corrected chi connectivity index (χ4v) is 2.92. The van der Waals surface area contributed by atoms with Crippen LogP contribution >= 0.6 is 12.4 Å². The number of rotatable bonds is 3. The molecule has 2 nitrogen and oxygen atoms in total. The van der Waals surface area contributed by atoms with E-state index in [9.17, 15) is 39.5 Å². The summed E-state index contributed by atoms with van der Waals surface area (Å²) in [5, 5.41) is 2.84. The van der Waals surface area contributed by atoms with Crippen molar-refractivity contribution in [3.8, 4) is 0 Å². The number of nitrogens with zero attached hydrogens (tertiary/aromatic N) is 1. The summed E-state index contributed by atoms with van der Waals surface area (Å²) in [5.41, 5.74) is -3.91. The second-order valence-corrected chi connectivity index (χ2v) is 5.92. The molecular weight excluding hydrogens is 415 g/mol. The number of piperazine rings is 1. The van der Waals surface area contributed by atoms with Gasteiger partial charge in [0.05, 0.1) is 17.5 Å². The van der Waals surface area contributed by atoms with Gasteiger partial charge in [0.1, 0.15) is 0 Å². The molecule has 0 unspecified atom stereocenters. The van der Waals surface area contributed by atoms with Crippen molar-refractivity contribution in [3.05, 3.63) is 34.9 Å². The Balaban J connectivity index is 0.00000364. The monoisotopic (exact) mass is 430 g/mol. The van der Waals surface area contributed by atoms with Crippen molar-refractivity contribution in [1.29, 1.82) is 0 Å². The van der Waals surface area contributed by atoms with Crippen molar-refractivity contribution in [2.24, 2.45) is 0 Å². The molecule has 1 aromatic rings. The number of hydrogen-bond acceptors (Lipinski definition) is 2. The maximum absolute atomic E-state index is 13.2. The average molecular weight is 431 g/mol. The normalized spacial score (nSPS) is 18.1. The lowest BCUT2D eigenvalue weighted by molar-refractivity contribution is -0.153. The van der Waals surface area contributed by atoms with Gasteiger partial charge >= 0.3 is 18.5 Å². The molecule has 1 saturated heterocycles. The topological polar surface area (TPSA) is 15.3 Å². The Bertz CT molecular complexity index is 619. The van der Waals surface area contributed by atoms with Gasteiger partial charge in [-0.2, -0.15) is 39.5 Å². The Labute approximate surface area is 155 Å². The van der Waals surface area contributed by atoms with Crippen molar-refractivity contribution in [1.82, 2.24) is 10.2 Å². The summed E-state index contributed by atoms with van der Waals surface area (Å²) in [7, 11) is 0. The third-order valence-corrected chi connectivity index (χ3v) is 4.06. The van der Waals surface area contributed by atoms with E-state index >= 15 is 0 Å². The van der Waals surface area contributed by atoms with Gasteiger partial charge in [0, 0.05) is 32.2 Å². The molecule has 2 rings (SSSR count). The zero-order valence-corrected chi connectivity index (χ0v) is 14.4. The molecule has 0 saturated carbocycles. The van der Waals surface area contributed by atoms with E-state index in [1.807, 2.05) is 0 Å². The summed E-state index contributed by atoms with van der Waals surface area (Å²) >= 11 is 0. The van der Waals surface area contributed by atoms with Gasteiger partial charge in [-0.3, -0.25) is 4.90 Å². The van der Waals surface area contributed by atoms with E-state index in [4.69, 9.17) is 0 Å². The quantitative estimate of drug-likeness (QED) is 0.676. The largest absolute Gasteiger partial charge is 0.416 e. The predicted octanol–water partition coefficient (Wildman–Crippen LogP) is 5.04. The lowest BCUT2D eigenvalue weighted by Crippen LogP contribution is -2.46. The molecule has 0 bridgehead atoms. The lowest BCUT2D eigenvalue weighted by Gasteiger charge is -2.37. The van der Waals surface area contributed by atoms with E-state index in [1.165, 1.54) is 0 Å². The average Bonchev–Trinajstić information content (AvgIpc) is 2.50. The zero-order chi connectivity index (χ0) is 19.8. The fourth-order valence-electron chi connectivity index (χ4n) is 2.92. The van der Waals surface area contributed by atoms with Crippen LogP contribution < -0.4 is 5.32 Å². The molecular formula is C15H16ClF9N2. The molecule has 1 atom stereocenters. The van der Waals surface area contributed by atoms with Gasteiger partial charge in [0.15, 0.2) is 0 Å². The molecule has 1 aliphatic heterocycles. The smallest absolute Gasteiger partial charge is 0.314 e. The van der Waals surface area contributed by atoms with E-state index < -0.39 is 47.7 Å². The highest BCUT2D eigenvalue weighted by Crippen LogP contribution is 2.43. The Morgan fingerprint density at radius 3 is 1.89 bits per heavy atom. The van der Waals surface area contributed by atoms with Crippen molar-refractivity contribution < 1.29 is 39.5 Å². The second-order valence-electron chi connectivity index (χ2n) is 5.92. The Morgan fingerprint density at radius 1 is 0.889 bits per heavy atom. The van der Waals surface area contributed by atoms with Crippen LogP contribution in [0.1, 0.15) is 29.2 Å². The van der Waals surface area contributed by atoms with Crippen LogP contribution in [0.4, 0.5) is 39.5 Å². The van der Waals surface area contributed by atoms with Crippen molar-refractivity contribution in [2.75, 3.05) is 26.2 Å². The van der Waals surface area contributed by atoms with Crippen LogP contribution in [0.25, 0.3) is 0 Å². The van der Waals surface area contributed by atoms with E-state index in [0.29, 0.717) is 0 Å². The van der Waals surface area contributed by atoms with Gasteiger partial charge in [-0.1, -0.05) is 0 Å². The summed E-state index contributed by atoms with van der Waals surface area (Å²) in [6, 6.07) is -1.24. The number of alkyl halides is 9. The predicted molar refractivity (Wildman–Crippen MR) is 81.5 cm³/mol. The highest BCUT2D eigenvalue weighted by atomic mass is 35.5. The molecule has 1 aliphatic rings. The maximum Gasteiger partial charge on any atom is 0.416 e. The highest BCUT2D eigenvalue weighted by molar-refractivity contribution is 5.85. The van der Waals surface area contributed by atoms with Crippen LogP contribution in [0, 0.1) is 0 Å². The first-order valence-corrected chi connectivity index (χ1v) is 7.59. The van der Waals surface area contributed by atoms with Gasteiger partial charge in [0.2, 0.25) is 0 Å². The summed E-state index contributed by atoms with van der Waals surface area (Å²) in [6.07, 6.45) is -16.5. The van der Waals surface area contributed by atoms with Crippen LogP contribution in [-0.2, 0) is 12.4 Å². The van der Waals surface area contributed by atoms with Gasteiger partial charge in [-0.05, 0) is 23.8 Å². The molecule has 1 N–H and O–H groups in total. The first-order valence-electron chi connectivity index (χ1n) is 7.59. The minimum Gasteiger partial charge on any atom is -0.314 e. The number of hydrogen-bond donors (Lipinski definition) is 1. The first kappa shape index (κ1) is 23.8. The third-order valence-electron chi connectivity index (χ3n) is 4.06. The summed E-state index contributed by atoms with van der Waals surface area (Å²) in [6.45, 7) is 0.450. The fraction of sp³-hybridized carbons (Fsp3) is 0.600. The van der Waals surface area contributed by atoms with Crippen LogP contribution in [-0.4, -0.2) is 37.3 Å². The molecule has 27 heavy (non-hydrogen) atoms. The summed E-state index contributed by atoms with van der Waals surface area (Å²) < 4.78 is 117. The van der Waals surface area contributed by atoms with Crippen molar-refractivity contribution in [3.63, 3.8) is 0 Å². The standard InChI is InChI=1S/C15H15F9N2.ClH/c16-13(17,18)8-12(26-5-3-25-4-6-26)10-7-9(14(19,20)21)1-2-11(10)15(22,23)24;/h1-2,7,12,25H,3-6,8H2;1H/t12-;/m1./s1. The summed E-state index contributed by atoms with van der Waals surface area (Å²) in [5.74, 6) is 0. The van der Waals surface area contributed by atoms with Crippen molar-refractivity contribution >= 4 is 12.4 Å². The van der Waals surface area contributed by atoms with Gasteiger partial charge < -0.3 is 5.32 Å². The molecule has 12 heteroatoms. The number of halogens is 10. The summed E-state index contributed by atoms with van der Waals surface area (Å²) in [4.78, 5) is 1.13. The molecule has 1 heterocycles. The first-order chi connectivity index (χ1) is 11.8. The molecule has 156 valence electrons. The molecule has 0 amide bonds. The van der Waals surface area contributed by atoms with E-state index in [0.717, 1.165) is 4.90 Å². The van der Waals surface area contributed by atoms with E-state index in [-0.39, 0.29) is 56.8 Å². The maximum atomic E-state index is 13.2. The Morgan fingerprint density at radius 2 is 1.44 bits per heavy atom. The van der Waals surface area contributed by atoms with Crippen LogP contribution in [0.5, 0.6) is 0 Å². The lowest BCUT2D eigenvalue weighted by atomic mass is 9.93. The number of nitrogens with one attached hydrogen (secondary N) is 1. The molecule has 0 spiro atoms. The van der Waals surface area contributed by atoms with Crippen LogP contribution in [0.3, 0.4) is 0 Å². The minimum absolute atomic E-state index is 0. The zero-order valence-electron chi connectivity index (χ0n) is 13.6. The van der Waals surface area contributed by atoms with Gasteiger partial charge in [-0.25, -0.2) is 0 Å². The SMILES string of the molecule is Cl.FC(F)(F)C[C@H](c1cc(C(F)(F)F)ccc1C(F)(F)F)N1CCNCC1. The Hall–Kier alpha value is -1.20. The van der Waals surface area contributed by atoms with Gasteiger partial charge in [0.25, 0.3) is 0 Å². The van der Waals surface area contributed by atoms with E-state index in [2.05, 4.69) is 5.32 Å². The Kier molecular flexibility index (Phi) is 7.45. The molecule has 1 aromatic carbocycles. The third kappa shape index (κ3) is 6.42. The van der Waals surface area contributed by atoms with Crippen molar-refractivity contribution in [2.45, 2.75) is 31.0 Å². The van der Waals surface area contributed by atoms with E-state index in [1.54, 1.807) is 0 Å². The molecule has 0 aliphatic carbocycles. The molecule has 1 fully saturated rings. The highest BCUT2D eigenvalue weighted by Gasteiger charge is 2.43. The van der Waals surface area contributed by atoms with Crippen LogP contribution in [0.2, 0.25) is 0 Å². The van der Waals surface area contributed by atoms with Crippen LogP contribution in [0.15, 0.2) is 18.2 Å². The van der Waals surface area contributed by atoms with Gasteiger partial charge in [-0.15, -0.1) is 12.4 Å². The minimum atomic E-state index is -5.07.